The molecule has 0 radical (unpaired) electrons. The Bertz CT molecular complexity index is 487. The van der Waals surface area contributed by atoms with Gasteiger partial charge in [-0.15, -0.1) is 0 Å². The van der Waals surface area contributed by atoms with Gasteiger partial charge in [0.15, 0.2) is 0 Å². The van der Waals surface area contributed by atoms with Gasteiger partial charge >= 0.3 is 0 Å². The molecule has 0 aromatic heterocycles. The highest BCUT2D eigenvalue weighted by Gasteiger charge is 2.29. The van der Waals surface area contributed by atoms with Crippen molar-refractivity contribution in [1.82, 2.24) is 10.2 Å². The predicted molar refractivity (Wildman–Crippen MR) is 73.6 cm³/mol. The number of carbonyl (C=O) groups is 1. The van der Waals surface area contributed by atoms with Gasteiger partial charge in [-0.3, -0.25) is 4.79 Å². The molecule has 102 valence electrons. The lowest BCUT2D eigenvalue weighted by molar-refractivity contribution is 0.0737. The van der Waals surface area contributed by atoms with Crippen LogP contribution in [0.2, 0.25) is 0 Å². The fourth-order valence-electron chi connectivity index (χ4n) is 3.04. The van der Waals surface area contributed by atoms with Gasteiger partial charge in [0.05, 0.1) is 6.61 Å². The van der Waals surface area contributed by atoms with Gasteiger partial charge in [0, 0.05) is 31.1 Å². The van der Waals surface area contributed by atoms with Crippen molar-refractivity contribution < 1.29 is 9.53 Å². The minimum atomic E-state index is 0.160. The van der Waals surface area contributed by atoms with E-state index >= 15 is 0 Å². The third-order valence-electron chi connectivity index (χ3n) is 4.01. The van der Waals surface area contributed by atoms with Crippen LogP contribution in [0.5, 0.6) is 5.75 Å². The number of likely N-dealkylation sites (tertiary alicyclic amines) is 1. The molecule has 0 spiro atoms. The van der Waals surface area contributed by atoms with E-state index in [0.717, 1.165) is 55.8 Å². The largest absolute Gasteiger partial charge is 0.493 e. The molecule has 19 heavy (non-hydrogen) atoms. The number of likely N-dealkylation sites (N-methyl/N-ethyl adjacent to an activating group) is 1. The molecule has 0 aliphatic carbocycles. The first-order valence-electron chi connectivity index (χ1n) is 7.01. The summed E-state index contributed by atoms with van der Waals surface area (Å²) in [5.74, 6) is 1.09. The van der Waals surface area contributed by atoms with E-state index in [2.05, 4.69) is 5.32 Å². The maximum atomic E-state index is 12.6. The summed E-state index contributed by atoms with van der Waals surface area (Å²) in [4.78, 5) is 14.6. The number of hydrogen-bond donors (Lipinski definition) is 1. The predicted octanol–water partition coefficient (Wildman–Crippen LogP) is 1.45. The topological polar surface area (TPSA) is 41.6 Å². The van der Waals surface area contributed by atoms with E-state index in [4.69, 9.17) is 4.74 Å². The highest BCUT2D eigenvalue weighted by molar-refractivity contribution is 5.95. The number of ether oxygens (including phenoxy) is 1. The van der Waals surface area contributed by atoms with Gasteiger partial charge in [-0.25, -0.2) is 0 Å². The van der Waals surface area contributed by atoms with Crippen LogP contribution in [-0.4, -0.2) is 43.6 Å². The second kappa shape index (κ2) is 5.21. The Hall–Kier alpha value is -1.55. The molecule has 1 aromatic carbocycles. The number of rotatable bonds is 3. The van der Waals surface area contributed by atoms with Crippen LogP contribution in [0.15, 0.2) is 18.2 Å². The number of hydrogen-bond acceptors (Lipinski definition) is 3. The Morgan fingerprint density at radius 2 is 2.42 bits per heavy atom. The van der Waals surface area contributed by atoms with Crippen molar-refractivity contribution in [3.8, 4) is 5.75 Å². The summed E-state index contributed by atoms with van der Waals surface area (Å²) in [7, 11) is 1.94. The van der Waals surface area contributed by atoms with Crippen LogP contribution in [0.1, 0.15) is 28.8 Å². The molecule has 3 rings (SSSR count). The van der Waals surface area contributed by atoms with E-state index in [1.165, 1.54) is 0 Å². The Morgan fingerprint density at radius 3 is 3.26 bits per heavy atom. The van der Waals surface area contributed by atoms with E-state index in [9.17, 15) is 4.79 Å². The van der Waals surface area contributed by atoms with Crippen LogP contribution in [0, 0.1) is 0 Å². The summed E-state index contributed by atoms with van der Waals surface area (Å²) in [5, 5.41) is 3.17. The van der Waals surface area contributed by atoms with E-state index in [-0.39, 0.29) is 5.91 Å². The molecule has 1 atom stereocenters. The molecule has 4 heteroatoms. The third kappa shape index (κ3) is 2.32. The van der Waals surface area contributed by atoms with E-state index in [0.29, 0.717) is 6.04 Å². The molecule has 1 saturated heterocycles. The minimum Gasteiger partial charge on any atom is -0.493 e. The Kier molecular flexibility index (Phi) is 3.42. The number of nitrogens with zero attached hydrogens (tertiary/aromatic N) is 1. The first-order chi connectivity index (χ1) is 9.29. The summed E-state index contributed by atoms with van der Waals surface area (Å²) in [6.45, 7) is 2.48. The molecule has 1 aromatic rings. The first kappa shape index (κ1) is 12.5. The van der Waals surface area contributed by atoms with Crippen molar-refractivity contribution in [3.63, 3.8) is 0 Å². The van der Waals surface area contributed by atoms with Crippen LogP contribution in [0.3, 0.4) is 0 Å². The zero-order chi connectivity index (χ0) is 13.2. The van der Waals surface area contributed by atoms with Gasteiger partial charge in [0.1, 0.15) is 5.75 Å². The number of nitrogens with one attached hydrogen (secondary N) is 1. The van der Waals surface area contributed by atoms with Crippen molar-refractivity contribution in [3.05, 3.63) is 29.3 Å². The zero-order valence-electron chi connectivity index (χ0n) is 11.3. The lowest BCUT2D eigenvalue weighted by Gasteiger charge is -2.24. The summed E-state index contributed by atoms with van der Waals surface area (Å²) in [6, 6.07) is 6.15. The number of benzene rings is 1. The normalized spacial score (nSPS) is 21.3. The quantitative estimate of drug-likeness (QED) is 0.894. The van der Waals surface area contributed by atoms with Gasteiger partial charge in [0.25, 0.3) is 5.91 Å². The van der Waals surface area contributed by atoms with Crippen molar-refractivity contribution in [2.45, 2.75) is 25.3 Å². The monoisotopic (exact) mass is 260 g/mol. The molecule has 0 saturated carbocycles. The first-order valence-corrected chi connectivity index (χ1v) is 7.01. The van der Waals surface area contributed by atoms with Gasteiger partial charge in [-0.05, 0) is 43.7 Å². The number of fused-ring (bicyclic) bond motifs is 1. The van der Waals surface area contributed by atoms with E-state index in [1.54, 1.807) is 0 Å². The van der Waals surface area contributed by atoms with Crippen LogP contribution >= 0.6 is 0 Å². The summed E-state index contributed by atoms with van der Waals surface area (Å²) in [5.41, 5.74) is 1.96. The van der Waals surface area contributed by atoms with Gasteiger partial charge < -0.3 is 15.0 Å². The average Bonchev–Trinajstić information content (AvgIpc) is 3.05. The molecule has 2 aliphatic heterocycles. The summed E-state index contributed by atoms with van der Waals surface area (Å²) in [6.07, 6.45) is 3.11. The van der Waals surface area contributed by atoms with E-state index in [1.807, 2.05) is 30.1 Å². The minimum absolute atomic E-state index is 0.160. The lowest BCUT2D eigenvalue weighted by Crippen LogP contribution is -2.40. The van der Waals surface area contributed by atoms with Crippen LogP contribution in [0.25, 0.3) is 0 Å². The molecule has 2 heterocycles. The molecule has 2 aliphatic rings. The van der Waals surface area contributed by atoms with Crippen LogP contribution in [-0.2, 0) is 6.42 Å². The highest BCUT2D eigenvalue weighted by atomic mass is 16.5. The number of carbonyl (C=O) groups excluding carboxylic acids is 1. The molecular weight excluding hydrogens is 240 g/mol. The average molecular weight is 260 g/mol. The Balaban J connectivity index is 1.79. The van der Waals surface area contributed by atoms with Crippen molar-refractivity contribution in [2.75, 3.05) is 26.7 Å². The zero-order valence-corrected chi connectivity index (χ0v) is 11.3. The van der Waals surface area contributed by atoms with Crippen LogP contribution < -0.4 is 10.1 Å². The summed E-state index contributed by atoms with van der Waals surface area (Å²) < 4.78 is 5.48. The maximum absolute atomic E-state index is 12.6. The molecule has 1 amide bonds. The van der Waals surface area contributed by atoms with E-state index < -0.39 is 0 Å². The van der Waals surface area contributed by atoms with Crippen molar-refractivity contribution >= 4 is 5.91 Å². The Morgan fingerprint density at radius 1 is 1.53 bits per heavy atom. The van der Waals surface area contributed by atoms with Gasteiger partial charge in [-0.1, -0.05) is 0 Å². The molecule has 0 bridgehead atoms. The second-order valence-electron chi connectivity index (χ2n) is 5.27. The smallest absolute Gasteiger partial charge is 0.254 e. The third-order valence-corrected chi connectivity index (χ3v) is 4.01. The SMILES string of the molecule is CNC[C@H]1CCCN1C(=O)c1ccc2c(c1)CCO2. The summed E-state index contributed by atoms with van der Waals surface area (Å²) >= 11 is 0. The molecule has 0 unspecified atom stereocenters. The van der Waals surface area contributed by atoms with Crippen molar-refractivity contribution in [1.29, 1.82) is 0 Å². The molecule has 1 N–H and O–H groups in total. The second-order valence-corrected chi connectivity index (χ2v) is 5.27. The maximum Gasteiger partial charge on any atom is 0.254 e. The van der Waals surface area contributed by atoms with Crippen LogP contribution in [0.4, 0.5) is 0 Å². The van der Waals surface area contributed by atoms with Gasteiger partial charge in [0.2, 0.25) is 0 Å². The fourth-order valence-corrected chi connectivity index (χ4v) is 3.04. The highest BCUT2D eigenvalue weighted by Crippen LogP contribution is 2.27. The number of amides is 1. The Labute approximate surface area is 113 Å². The molecule has 4 nitrogen and oxygen atoms in total. The molecule has 1 fully saturated rings. The molecular formula is C15H20N2O2. The van der Waals surface area contributed by atoms with Gasteiger partial charge in [-0.2, -0.15) is 0 Å². The standard InChI is InChI=1S/C15H20N2O2/c1-16-10-13-3-2-7-17(13)15(18)12-4-5-14-11(9-12)6-8-19-14/h4-5,9,13,16H,2-3,6-8,10H2,1H3/t13-/m1/s1. The fraction of sp³-hybridized carbons (Fsp3) is 0.533. The van der Waals surface area contributed by atoms with Crippen molar-refractivity contribution in [2.24, 2.45) is 0 Å². The lowest BCUT2D eigenvalue weighted by atomic mass is 10.1.